The Hall–Kier alpha value is -0.0122. The van der Waals surface area contributed by atoms with E-state index in [-0.39, 0.29) is 122 Å². The molecular weight excluding hydrogens is 940 g/mol. The summed E-state index contributed by atoms with van der Waals surface area (Å²) in [6, 6.07) is 17.5. The fourth-order valence-electron chi connectivity index (χ4n) is 2.62. The van der Waals surface area contributed by atoms with Gasteiger partial charge in [0.15, 0.2) is 0 Å². The van der Waals surface area contributed by atoms with E-state index in [2.05, 4.69) is 37.2 Å². The topological polar surface area (TPSA) is 93.2 Å². The maximum absolute atomic E-state index is 12.0. The molecule has 2 aromatic carbocycles. The number of para-hydroxylation sites is 2. The second kappa shape index (κ2) is 32.9. The molecule has 0 aliphatic rings. The van der Waals surface area contributed by atoms with Gasteiger partial charge in [0.05, 0.1) is 0 Å². The largest absolute Gasteiger partial charge is 0.426 e. The molecule has 2 rings (SSSR count). The zero-order chi connectivity index (χ0) is 28.1. The SMILES string of the molecule is C.C.C.C.CC(=O)N(C)C(C)(C)C(=O)Oc1ccccc1.CN(C)C(=O)C(C)(C)C(=O)Oc1ccccc1.II.[CH3-].[CH3-].[Y].[Y]. The van der Waals surface area contributed by atoms with E-state index in [0.717, 1.165) is 0 Å². The van der Waals surface area contributed by atoms with E-state index in [1.54, 1.807) is 97.4 Å². The molecule has 0 heterocycles. The Morgan fingerprint density at radius 3 is 1.20 bits per heavy atom. The Kier molecular flexibility index (Phi) is 49.7. The van der Waals surface area contributed by atoms with Crippen LogP contribution in [0.3, 0.4) is 0 Å². The third-order valence-electron chi connectivity index (χ3n) is 5.17. The van der Waals surface area contributed by atoms with Crippen molar-refractivity contribution in [3.63, 3.8) is 0 Å². The number of carbonyl (C=O) groups excluding carboxylic acids is 4. The van der Waals surface area contributed by atoms with E-state index in [1.807, 2.05) is 12.1 Å². The molecule has 8 nitrogen and oxygen atoms in total. The average molecular weight is 996 g/mol. The van der Waals surface area contributed by atoms with Gasteiger partial charge >= 0.3 is 11.9 Å². The zero-order valence-electron chi connectivity index (χ0n) is 25.0. The molecule has 2 amide bonds. The zero-order valence-corrected chi connectivity index (χ0v) is 35.0. The summed E-state index contributed by atoms with van der Waals surface area (Å²) in [5, 5.41) is 0. The van der Waals surface area contributed by atoms with Crippen molar-refractivity contribution >= 4 is 61.0 Å². The summed E-state index contributed by atoms with van der Waals surface area (Å²) in [5.41, 5.74) is -2.17. The van der Waals surface area contributed by atoms with Gasteiger partial charge in [0.2, 0.25) is 11.8 Å². The van der Waals surface area contributed by atoms with Gasteiger partial charge in [-0.25, -0.2) is 4.79 Å². The monoisotopic (exact) mass is 996 g/mol. The van der Waals surface area contributed by atoms with Gasteiger partial charge in [0.1, 0.15) is 22.5 Å². The number of ether oxygens (including phenoxy) is 2. The van der Waals surface area contributed by atoms with Gasteiger partial charge in [-0.05, 0) is 52.0 Å². The molecule has 2 radical (unpaired) electrons. The number of amides is 2. The summed E-state index contributed by atoms with van der Waals surface area (Å²) in [7, 11) is 4.80. The van der Waals surface area contributed by atoms with Crippen molar-refractivity contribution in [3.05, 3.63) is 75.5 Å². The Balaban J connectivity index is -0.0000000642. The van der Waals surface area contributed by atoms with Crippen LogP contribution >= 0.6 is 37.2 Å². The molecule has 12 heteroatoms. The van der Waals surface area contributed by atoms with Crippen LogP contribution in [0.2, 0.25) is 0 Å². The van der Waals surface area contributed by atoms with Crippen LogP contribution in [0.1, 0.15) is 64.3 Å². The number of benzene rings is 2. The minimum Gasteiger partial charge on any atom is -0.426 e. The first-order chi connectivity index (χ1) is 16.7. The second-order valence-electron chi connectivity index (χ2n) is 8.87. The molecule has 0 aliphatic carbocycles. The van der Waals surface area contributed by atoms with Gasteiger partial charge in [-0.3, -0.25) is 14.4 Å². The average Bonchev–Trinajstić information content (AvgIpc) is 2.85. The minimum absolute atomic E-state index is 0. The predicted octanol–water partition coefficient (Wildman–Crippen LogP) is 8.77. The van der Waals surface area contributed by atoms with Crippen LogP contribution in [-0.4, -0.2) is 60.2 Å². The van der Waals surface area contributed by atoms with Crippen LogP contribution in [0.5, 0.6) is 11.5 Å². The number of halogens is 2. The molecule has 0 spiro atoms. The molecule has 252 valence electrons. The molecule has 0 saturated heterocycles. The quantitative estimate of drug-likeness (QED) is 0.0946. The molecule has 44 heavy (non-hydrogen) atoms. The third-order valence-corrected chi connectivity index (χ3v) is 5.17. The van der Waals surface area contributed by atoms with Gasteiger partial charge in [-0.2, -0.15) is 0 Å². The van der Waals surface area contributed by atoms with E-state index in [0.29, 0.717) is 11.5 Å². The standard InChI is InChI=1S/2C13H17NO3.4CH4.2CH3.I2.2Y/c1-13(2,11(15)14(3)4)12(16)17-10-8-6-5-7-9-10;1-10(15)14(4)13(2,3)12(16)17-11-8-6-5-7-9-11;;;;;;;1-2;;/h2*5-9H,1-4H3;4*1H4;2*1H3;;;/q;;;;;;2*-1;;;. The smallest absolute Gasteiger partial charge is 0.336 e. The van der Waals surface area contributed by atoms with Crippen LogP contribution in [0.4, 0.5) is 0 Å². The summed E-state index contributed by atoms with van der Waals surface area (Å²) < 4.78 is 10.4. The number of nitrogens with zero attached hydrogens (tertiary/aromatic N) is 2. The first-order valence-corrected chi connectivity index (χ1v) is 17.1. The van der Waals surface area contributed by atoms with Gasteiger partial charge in [0.25, 0.3) is 0 Å². The molecule has 0 aliphatic heterocycles. The van der Waals surface area contributed by atoms with Crippen molar-refractivity contribution in [2.45, 2.75) is 69.9 Å². The Morgan fingerprint density at radius 1 is 0.636 bits per heavy atom. The molecule has 0 unspecified atom stereocenters. The fraction of sp³-hybridized carbons (Fsp3) is 0.438. The Labute approximate surface area is 344 Å². The van der Waals surface area contributed by atoms with Crippen molar-refractivity contribution in [2.75, 3.05) is 21.1 Å². The number of esters is 2. The first-order valence-electron chi connectivity index (χ1n) is 10.9. The van der Waals surface area contributed by atoms with Gasteiger partial charge < -0.3 is 34.1 Å². The van der Waals surface area contributed by atoms with Crippen LogP contribution < -0.4 is 9.47 Å². The Bertz CT molecular complexity index is 1010. The van der Waals surface area contributed by atoms with Crippen molar-refractivity contribution < 1.29 is 94.1 Å². The van der Waals surface area contributed by atoms with Crippen LogP contribution in [-0.2, 0) is 84.6 Å². The van der Waals surface area contributed by atoms with E-state index in [1.165, 1.54) is 16.7 Å². The molecule has 2 aromatic rings. The van der Waals surface area contributed by atoms with Gasteiger partial charge in [0, 0.05) is 131 Å². The summed E-state index contributed by atoms with van der Waals surface area (Å²) >= 11 is 4.24. The van der Waals surface area contributed by atoms with Crippen molar-refractivity contribution in [2.24, 2.45) is 5.41 Å². The van der Waals surface area contributed by atoms with E-state index in [4.69, 9.17) is 9.47 Å². The molecule has 0 fully saturated rings. The van der Waals surface area contributed by atoms with Crippen molar-refractivity contribution in [3.8, 4) is 11.5 Å². The third kappa shape index (κ3) is 22.5. The summed E-state index contributed by atoms with van der Waals surface area (Å²) in [5.74, 6) is -0.554. The number of hydrogen-bond donors (Lipinski definition) is 0. The normalized spacial score (nSPS) is 8.50. The summed E-state index contributed by atoms with van der Waals surface area (Å²) in [6.45, 7) is 7.83. The number of hydrogen-bond acceptors (Lipinski definition) is 6. The Morgan fingerprint density at radius 2 is 0.932 bits per heavy atom. The van der Waals surface area contributed by atoms with E-state index >= 15 is 0 Å². The molecule has 0 saturated carbocycles. The van der Waals surface area contributed by atoms with Crippen LogP contribution in [0, 0.1) is 20.3 Å². The summed E-state index contributed by atoms with van der Waals surface area (Å²) in [4.78, 5) is 49.7. The molecule has 0 N–H and O–H groups in total. The fourth-order valence-corrected chi connectivity index (χ4v) is 2.62. The van der Waals surface area contributed by atoms with Crippen molar-refractivity contribution in [1.29, 1.82) is 0 Å². The molecular formula is C32H56I2N2O6Y2-2. The second-order valence-corrected chi connectivity index (χ2v) is 8.87. The minimum atomic E-state index is -1.18. The van der Waals surface area contributed by atoms with Gasteiger partial charge in [-0.1, -0.05) is 66.1 Å². The van der Waals surface area contributed by atoms with Crippen LogP contribution in [0.15, 0.2) is 60.7 Å². The predicted molar refractivity (Wildman–Crippen MR) is 197 cm³/mol. The van der Waals surface area contributed by atoms with E-state index < -0.39 is 22.9 Å². The number of carbonyl (C=O) groups is 4. The first kappa shape index (κ1) is 66.4. The van der Waals surface area contributed by atoms with Gasteiger partial charge in [-0.15, -0.1) is 0 Å². The van der Waals surface area contributed by atoms with Crippen molar-refractivity contribution in [1.82, 2.24) is 9.80 Å². The molecule has 0 aromatic heterocycles. The molecule has 0 atom stereocenters. The maximum Gasteiger partial charge on any atom is 0.336 e. The van der Waals surface area contributed by atoms with E-state index in [9.17, 15) is 19.2 Å². The maximum atomic E-state index is 12.0. The molecule has 0 bridgehead atoms. The number of rotatable bonds is 6. The van der Waals surface area contributed by atoms with Crippen LogP contribution in [0.25, 0.3) is 0 Å². The number of likely N-dealkylation sites (N-methyl/N-ethyl adjacent to an activating group) is 1. The summed E-state index contributed by atoms with van der Waals surface area (Å²) in [6.07, 6.45) is 0.